The monoisotopic (exact) mass is 358 g/mol. The van der Waals surface area contributed by atoms with E-state index in [1.165, 1.54) is 11.3 Å². The van der Waals surface area contributed by atoms with Gasteiger partial charge >= 0.3 is 6.03 Å². The summed E-state index contributed by atoms with van der Waals surface area (Å²) >= 11 is 1.50. The van der Waals surface area contributed by atoms with E-state index in [9.17, 15) is 4.79 Å². The molecule has 2 saturated heterocycles. The van der Waals surface area contributed by atoms with Crippen LogP contribution in [0.25, 0.3) is 0 Å². The smallest absolute Gasteiger partial charge is 0.323 e. The summed E-state index contributed by atoms with van der Waals surface area (Å²) in [6, 6.07) is -0.0376. The number of nitrogens with zero attached hydrogens (tertiary/aromatic N) is 5. The zero-order chi connectivity index (χ0) is 17.6. The van der Waals surface area contributed by atoms with Crippen LogP contribution < -0.4 is 10.2 Å². The number of likely N-dealkylation sites (tertiary alicyclic amines) is 1. The SMILES string of the molecule is Cc1cnc(NC(=O)N2CC3CN(c4ncnc(C)c4C)CC3C2)s1. The molecule has 0 aliphatic carbocycles. The van der Waals surface area contributed by atoms with E-state index in [4.69, 9.17) is 0 Å². The number of urea groups is 1. The van der Waals surface area contributed by atoms with Gasteiger partial charge in [-0.1, -0.05) is 0 Å². The normalized spacial score (nSPS) is 22.4. The molecule has 0 spiro atoms. The van der Waals surface area contributed by atoms with Crippen LogP contribution in [0.4, 0.5) is 15.7 Å². The number of aryl methyl sites for hydroxylation is 2. The van der Waals surface area contributed by atoms with Crippen molar-refractivity contribution in [2.45, 2.75) is 20.8 Å². The van der Waals surface area contributed by atoms with E-state index >= 15 is 0 Å². The molecule has 2 atom stereocenters. The van der Waals surface area contributed by atoms with Gasteiger partial charge in [0.1, 0.15) is 12.1 Å². The minimum Gasteiger partial charge on any atom is -0.356 e. The molecule has 8 heteroatoms. The molecule has 0 radical (unpaired) electrons. The molecule has 4 heterocycles. The highest BCUT2D eigenvalue weighted by Gasteiger charge is 2.42. The van der Waals surface area contributed by atoms with E-state index in [1.807, 2.05) is 18.7 Å². The molecule has 4 rings (SSSR count). The zero-order valence-electron chi connectivity index (χ0n) is 14.7. The molecule has 0 aromatic carbocycles. The lowest BCUT2D eigenvalue weighted by molar-refractivity contribution is 0.219. The highest BCUT2D eigenvalue weighted by molar-refractivity contribution is 7.15. The largest absolute Gasteiger partial charge is 0.356 e. The van der Waals surface area contributed by atoms with Crippen molar-refractivity contribution < 1.29 is 4.79 Å². The van der Waals surface area contributed by atoms with Crippen LogP contribution in [-0.2, 0) is 0 Å². The quantitative estimate of drug-likeness (QED) is 0.893. The lowest BCUT2D eigenvalue weighted by Crippen LogP contribution is -2.36. The molecular weight excluding hydrogens is 336 g/mol. The Morgan fingerprint density at radius 1 is 1.12 bits per heavy atom. The Kier molecular flexibility index (Phi) is 4.07. The van der Waals surface area contributed by atoms with Crippen molar-refractivity contribution in [1.29, 1.82) is 0 Å². The average molecular weight is 358 g/mol. The predicted octanol–water partition coefficient (Wildman–Crippen LogP) is 2.46. The lowest BCUT2D eigenvalue weighted by Gasteiger charge is -2.23. The van der Waals surface area contributed by atoms with Gasteiger partial charge in [-0.25, -0.2) is 19.7 Å². The summed E-state index contributed by atoms with van der Waals surface area (Å²) in [6.07, 6.45) is 3.42. The van der Waals surface area contributed by atoms with Crippen molar-refractivity contribution in [2.75, 3.05) is 36.4 Å². The summed E-state index contributed by atoms with van der Waals surface area (Å²) in [4.78, 5) is 30.8. The third kappa shape index (κ3) is 3.06. The highest BCUT2D eigenvalue weighted by Crippen LogP contribution is 2.34. The van der Waals surface area contributed by atoms with E-state index in [1.54, 1.807) is 12.5 Å². The van der Waals surface area contributed by atoms with Crippen LogP contribution >= 0.6 is 11.3 Å². The number of nitrogens with one attached hydrogen (secondary N) is 1. The number of hydrogen-bond acceptors (Lipinski definition) is 6. The maximum atomic E-state index is 12.5. The maximum Gasteiger partial charge on any atom is 0.323 e. The molecule has 2 aliphatic rings. The van der Waals surface area contributed by atoms with Gasteiger partial charge in [0, 0.05) is 60.3 Å². The van der Waals surface area contributed by atoms with Gasteiger partial charge < -0.3 is 9.80 Å². The van der Waals surface area contributed by atoms with E-state index in [-0.39, 0.29) is 6.03 Å². The molecule has 1 N–H and O–H groups in total. The first-order chi connectivity index (χ1) is 12.0. The highest BCUT2D eigenvalue weighted by atomic mass is 32.1. The van der Waals surface area contributed by atoms with Crippen molar-refractivity contribution in [2.24, 2.45) is 11.8 Å². The summed E-state index contributed by atoms with van der Waals surface area (Å²) in [5.41, 5.74) is 2.18. The molecule has 2 aliphatic heterocycles. The van der Waals surface area contributed by atoms with Crippen molar-refractivity contribution in [3.05, 3.63) is 28.7 Å². The van der Waals surface area contributed by atoms with Crippen molar-refractivity contribution in [1.82, 2.24) is 19.9 Å². The first-order valence-electron chi connectivity index (χ1n) is 8.52. The second kappa shape index (κ2) is 6.25. The van der Waals surface area contributed by atoms with E-state index in [0.29, 0.717) is 17.0 Å². The van der Waals surface area contributed by atoms with Crippen LogP contribution in [-0.4, -0.2) is 52.1 Å². The molecular formula is C17H22N6OS. The Morgan fingerprint density at radius 2 is 1.84 bits per heavy atom. The Balaban J connectivity index is 1.39. The topological polar surface area (TPSA) is 74.2 Å². The van der Waals surface area contributed by atoms with E-state index in [0.717, 1.165) is 48.1 Å². The minimum absolute atomic E-state index is 0.0376. The number of fused-ring (bicyclic) bond motifs is 1. The van der Waals surface area contributed by atoms with Gasteiger partial charge in [0.05, 0.1) is 0 Å². The van der Waals surface area contributed by atoms with Gasteiger partial charge in [-0.2, -0.15) is 0 Å². The lowest BCUT2D eigenvalue weighted by atomic mass is 10.0. The third-order valence-electron chi connectivity index (χ3n) is 5.22. The Bertz CT molecular complexity index is 792. The van der Waals surface area contributed by atoms with E-state index in [2.05, 4.69) is 32.1 Å². The van der Waals surface area contributed by atoms with Crippen LogP contribution in [0, 0.1) is 32.6 Å². The van der Waals surface area contributed by atoms with Crippen LogP contribution in [0.2, 0.25) is 0 Å². The Labute approximate surface area is 151 Å². The van der Waals surface area contributed by atoms with Crippen LogP contribution in [0.5, 0.6) is 0 Å². The Morgan fingerprint density at radius 3 is 2.48 bits per heavy atom. The number of anilines is 2. The second-order valence-electron chi connectivity index (χ2n) is 6.94. The molecule has 2 aromatic rings. The molecule has 2 aromatic heterocycles. The fraction of sp³-hybridized carbons (Fsp3) is 0.529. The molecule has 7 nitrogen and oxygen atoms in total. The molecule has 2 fully saturated rings. The van der Waals surface area contributed by atoms with Gasteiger partial charge in [-0.15, -0.1) is 11.3 Å². The number of carbonyl (C=O) groups is 1. The molecule has 0 bridgehead atoms. The third-order valence-corrected chi connectivity index (χ3v) is 6.05. The van der Waals surface area contributed by atoms with Gasteiger partial charge in [0.2, 0.25) is 0 Å². The first-order valence-corrected chi connectivity index (χ1v) is 9.34. The summed E-state index contributed by atoms with van der Waals surface area (Å²) in [5.74, 6) is 2.04. The summed E-state index contributed by atoms with van der Waals surface area (Å²) in [5, 5.41) is 3.59. The first kappa shape index (κ1) is 16.3. The van der Waals surface area contributed by atoms with Gasteiger partial charge in [-0.3, -0.25) is 5.32 Å². The number of aromatic nitrogens is 3. The van der Waals surface area contributed by atoms with Crippen LogP contribution in [0.3, 0.4) is 0 Å². The van der Waals surface area contributed by atoms with Crippen LogP contribution in [0.15, 0.2) is 12.5 Å². The fourth-order valence-electron chi connectivity index (χ4n) is 3.76. The minimum atomic E-state index is -0.0376. The summed E-state index contributed by atoms with van der Waals surface area (Å²) in [7, 11) is 0. The van der Waals surface area contributed by atoms with Crippen molar-refractivity contribution in [3.8, 4) is 0 Å². The summed E-state index contributed by atoms with van der Waals surface area (Å²) in [6.45, 7) is 9.56. The van der Waals surface area contributed by atoms with Crippen LogP contribution in [0.1, 0.15) is 16.1 Å². The number of amides is 2. The number of hydrogen-bond donors (Lipinski definition) is 1. The molecule has 0 saturated carbocycles. The molecule has 2 amide bonds. The molecule has 25 heavy (non-hydrogen) atoms. The Hall–Kier alpha value is -2.22. The summed E-state index contributed by atoms with van der Waals surface area (Å²) < 4.78 is 0. The fourth-order valence-corrected chi connectivity index (χ4v) is 4.41. The van der Waals surface area contributed by atoms with Crippen molar-refractivity contribution in [3.63, 3.8) is 0 Å². The van der Waals surface area contributed by atoms with Gasteiger partial charge in [0.15, 0.2) is 5.13 Å². The van der Waals surface area contributed by atoms with Gasteiger partial charge in [-0.05, 0) is 20.8 Å². The van der Waals surface area contributed by atoms with Crippen molar-refractivity contribution >= 4 is 28.3 Å². The average Bonchev–Trinajstić information content (AvgIpc) is 3.24. The molecule has 2 unspecified atom stereocenters. The van der Waals surface area contributed by atoms with Gasteiger partial charge in [0.25, 0.3) is 0 Å². The number of rotatable bonds is 2. The standard InChI is InChI=1S/C17H22N6OS/c1-10-4-18-16(25-10)21-17(24)23-7-13-5-22(6-14(13)8-23)15-11(2)12(3)19-9-20-15/h4,9,13-14H,5-8H2,1-3H3,(H,18,21,24). The van der Waals surface area contributed by atoms with E-state index < -0.39 is 0 Å². The number of thiazole rings is 1. The maximum absolute atomic E-state index is 12.5. The second-order valence-corrected chi connectivity index (χ2v) is 8.18. The zero-order valence-corrected chi connectivity index (χ0v) is 15.5. The number of carbonyl (C=O) groups excluding carboxylic acids is 1. The predicted molar refractivity (Wildman–Crippen MR) is 98.1 cm³/mol. The molecule has 132 valence electrons.